The Kier molecular flexibility index (Phi) is 7.87. The smallest absolute Gasteiger partial charge is 0.262 e. The SMILES string of the molecule is CC(C)NC(=O)/C(C#N)=C/c1ccc(OCC(=O)NC2CCCCC2)cc1. The van der Waals surface area contributed by atoms with E-state index in [2.05, 4.69) is 10.6 Å². The van der Waals surface area contributed by atoms with Crippen molar-refractivity contribution in [2.45, 2.75) is 58.0 Å². The number of hydrogen-bond acceptors (Lipinski definition) is 4. The summed E-state index contributed by atoms with van der Waals surface area (Å²) in [7, 11) is 0. The molecule has 2 rings (SSSR count). The third kappa shape index (κ3) is 7.14. The summed E-state index contributed by atoms with van der Waals surface area (Å²) in [6.07, 6.45) is 7.19. The number of amides is 2. The Morgan fingerprint density at radius 2 is 1.89 bits per heavy atom. The van der Waals surface area contributed by atoms with Gasteiger partial charge in [-0.15, -0.1) is 0 Å². The third-order valence-corrected chi connectivity index (χ3v) is 4.32. The van der Waals surface area contributed by atoms with Gasteiger partial charge in [0.1, 0.15) is 17.4 Å². The lowest BCUT2D eigenvalue weighted by Crippen LogP contribution is -2.38. The van der Waals surface area contributed by atoms with Gasteiger partial charge >= 0.3 is 0 Å². The Morgan fingerprint density at radius 1 is 1.22 bits per heavy atom. The monoisotopic (exact) mass is 369 g/mol. The molecule has 0 bridgehead atoms. The van der Waals surface area contributed by atoms with E-state index >= 15 is 0 Å². The fraction of sp³-hybridized carbons (Fsp3) is 0.476. The molecule has 0 aromatic heterocycles. The van der Waals surface area contributed by atoms with E-state index in [4.69, 9.17) is 10.00 Å². The van der Waals surface area contributed by atoms with Crippen LogP contribution in [0.15, 0.2) is 29.8 Å². The first-order valence-electron chi connectivity index (χ1n) is 9.43. The minimum absolute atomic E-state index is 0.0219. The van der Waals surface area contributed by atoms with Crippen molar-refractivity contribution in [2.24, 2.45) is 0 Å². The molecule has 0 saturated heterocycles. The van der Waals surface area contributed by atoms with Crippen LogP contribution in [0.5, 0.6) is 5.75 Å². The van der Waals surface area contributed by atoms with Crippen molar-refractivity contribution in [2.75, 3.05) is 6.61 Å². The molecule has 2 amide bonds. The van der Waals surface area contributed by atoms with Crippen molar-refractivity contribution in [3.63, 3.8) is 0 Å². The van der Waals surface area contributed by atoms with Crippen LogP contribution in [0.25, 0.3) is 6.08 Å². The molecular weight excluding hydrogens is 342 g/mol. The zero-order valence-corrected chi connectivity index (χ0v) is 16.0. The van der Waals surface area contributed by atoms with E-state index in [1.165, 1.54) is 25.3 Å². The minimum atomic E-state index is -0.396. The second kappa shape index (κ2) is 10.4. The minimum Gasteiger partial charge on any atom is -0.484 e. The van der Waals surface area contributed by atoms with Crippen molar-refractivity contribution >= 4 is 17.9 Å². The summed E-state index contributed by atoms with van der Waals surface area (Å²) in [5, 5.41) is 14.9. The van der Waals surface area contributed by atoms with E-state index < -0.39 is 5.91 Å². The first kappa shape index (κ1) is 20.5. The van der Waals surface area contributed by atoms with E-state index in [0.29, 0.717) is 11.3 Å². The van der Waals surface area contributed by atoms with Crippen molar-refractivity contribution in [1.29, 1.82) is 5.26 Å². The second-order valence-electron chi connectivity index (χ2n) is 7.06. The highest BCUT2D eigenvalue weighted by Gasteiger charge is 2.15. The fourth-order valence-corrected chi connectivity index (χ4v) is 2.98. The van der Waals surface area contributed by atoms with Gasteiger partial charge in [0.2, 0.25) is 0 Å². The quantitative estimate of drug-likeness (QED) is 0.571. The maximum absolute atomic E-state index is 12.0. The zero-order valence-electron chi connectivity index (χ0n) is 16.0. The molecule has 0 spiro atoms. The summed E-state index contributed by atoms with van der Waals surface area (Å²) in [6.45, 7) is 3.65. The summed E-state index contributed by atoms with van der Waals surface area (Å²) >= 11 is 0. The molecule has 0 heterocycles. The predicted octanol–water partition coefficient (Wildman–Crippen LogP) is 2.95. The second-order valence-corrected chi connectivity index (χ2v) is 7.06. The third-order valence-electron chi connectivity index (χ3n) is 4.32. The fourth-order valence-electron chi connectivity index (χ4n) is 2.98. The molecule has 1 saturated carbocycles. The first-order valence-corrected chi connectivity index (χ1v) is 9.43. The predicted molar refractivity (Wildman–Crippen MR) is 104 cm³/mol. The largest absolute Gasteiger partial charge is 0.484 e. The van der Waals surface area contributed by atoms with Gasteiger partial charge in [-0.1, -0.05) is 31.4 Å². The number of rotatable bonds is 7. The molecule has 2 N–H and O–H groups in total. The number of benzene rings is 1. The van der Waals surface area contributed by atoms with Crippen LogP contribution in [-0.4, -0.2) is 30.5 Å². The van der Waals surface area contributed by atoms with Gasteiger partial charge in [-0.05, 0) is 50.5 Å². The van der Waals surface area contributed by atoms with Crippen molar-refractivity contribution in [3.8, 4) is 11.8 Å². The number of carbonyl (C=O) groups excluding carboxylic acids is 2. The van der Waals surface area contributed by atoms with E-state index in [9.17, 15) is 9.59 Å². The van der Waals surface area contributed by atoms with Crippen LogP contribution in [0.4, 0.5) is 0 Å². The Hall–Kier alpha value is -2.81. The van der Waals surface area contributed by atoms with Crippen molar-refractivity contribution in [1.82, 2.24) is 10.6 Å². The van der Waals surface area contributed by atoms with Crippen LogP contribution in [-0.2, 0) is 9.59 Å². The molecule has 1 aromatic carbocycles. The number of hydrogen-bond donors (Lipinski definition) is 2. The molecule has 1 aromatic rings. The van der Waals surface area contributed by atoms with Gasteiger partial charge in [0.25, 0.3) is 11.8 Å². The number of ether oxygens (including phenoxy) is 1. The molecule has 27 heavy (non-hydrogen) atoms. The van der Waals surface area contributed by atoms with Crippen LogP contribution in [0, 0.1) is 11.3 Å². The molecule has 1 aliphatic rings. The van der Waals surface area contributed by atoms with Gasteiger partial charge in [0.05, 0.1) is 0 Å². The normalized spacial score (nSPS) is 15.1. The maximum Gasteiger partial charge on any atom is 0.262 e. The number of carbonyl (C=O) groups is 2. The highest BCUT2D eigenvalue weighted by atomic mass is 16.5. The highest BCUT2D eigenvalue weighted by Crippen LogP contribution is 2.18. The Bertz CT molecular complexity index is 711. The highest BCUT2D eigenvalue weighted by molar-refractivity contribution is 6.01. The van der Waals surface area contributed by atoms with Crippen molar-refractivity contribution in [3.05, 3.63) is 35.4 Å². The molecule has 1 aliphatic carbocycles. The first-order chi connectivity index (χ1) is 13.0. The Balaban J connectivity index is 1.86. The van der Waals surface area contributed by atoms with E-state index in [0.717, 1.165) is 12.8 Å². The molecule has 0 atom stereocenters. The topological polar surface area (TPSA) is 91.2 Å². The summed E-state index contributed by atoms with van der Waals surface area (Å²) in [5.41, 5.74) is 0.758. The average Bonchev–Trinajstić information content (AvgIpc) is 2.65. The van der Waals surface area contributed by atoms with E-state index in [1.54, 1.807) is 24.3 Å². The van der Waals surface area contributed by atoms with Crippen LogP contribution in [0.2, 0.25) is 0 Å². The molecule has 0 aliphatic heterocycles. The summed E-state index contributed by atoms with van der Waals surface area (Å²) in [4.78, 5) is 23.9. The molecule has 1 fully saturated rings. The van der Waals surface area contributed by atoms with Gasteiger partial charge in [-0.3, -0.25) is 9.59 Å². The lowest BCUT2D eigenvalue weighted by atomic mass is 9.95. The van der Waals surface area contributed by atoms with Crippen LogP contribution >= 0.6 is 0 Å². The molecule has 0 radical (unpaired) electrons. The maximum atomic E-state index is 12.0. The molecule has 0 unspecified atom stereocenters. The summed E-state index contributed by atoms with van der Waals surface area (Å²) < 4.78 is 5.52. The summed E-state index contributed by atoms with van der Waals surface area (Å²) in [6, 6.07) is 9.07. The Morgan fingerprint density at radius 3 is 2.48 bits per heavy atom. The van der Waals surface area contributed by atoms with Crippen LogP contribution in [0.1, 0.15) is 51.5 Å². The Labute approximate surface area is 160 Å². The lowest BCUT2D eigenvalue weighted by molar-refractivity contribution is -0.124. The molecule has 6 nitrogen and oxygen atoms in total. The standard InChI is InChI=1S/C21H27N3O3/c1-15(2)23-21(26)17(13-22)12-16-8-10-19(11-9-16)27-14-20(25)24-18-6-4-3-5-7-18/h8-12,15,18H,3-7,14H2,1-2H3,(H,23,26)(H,24,25)/b17-12+. The number of nitrogens with one attached hydrogen (secondary N) is 2. The molecular formula is C21H27N3O3. The van der Waals surface area contributed by atoms with Crippen LogP contribution < -0.4 is 15.4 Å². The lowest BCUT2D eigenvalue weighted by Gasteiger charge is -2.22. The van der Waals surface area contributed by atoms with Gasteiger partial charge < -0.3 is 15.4 Å². The van der Waals surface area contributed by atoms with Gasteiger partial charge in [-0.2, -0.15) is 5.26 Å². The number of nitriles is 1. The van der Waals surface area contributed by atoms with E-state index in [1.807, 2.05) is 19.9 Å². The zero-order chi connectivity index (χ0) is 19.6. The van der Waals surface area contributed by atoms with E-state index in [-0.39, 0.29) is 30.2 Å². The van der Waals surface area contributed by atoms with Gasteiger partial charge in [0.15, 0.2) is 6.61 Å². The van der Waals surface area contributed by atoms with Gasteiger partial charge in [0, 0.05) is 12.1 Å². The molecule has 144 valence electrons. The van der Waals surface area contributed by atoms with Crippen LogP contribution in [0.3, 0.4) is 0 Å². The average molecular weight is 369 g/mol. The van der Waals surface area contributed by atoms with Gasteiger partial charge in [-0.25, -0.2) is 0 Å². The molecule has 6 heteroatoms. The number of nitrogens with zero attached hydrogens (tertiary/aromatic N) is 1. The summed E-state index contributed by atoms with van der Waals surface area (Å²) in [5.74, 6) is 0.0614. The van der Waals surface area contributed by atoms with Crippen molar-refractivity contribution < 1.29 is 14.3 Å².